The number of ether oxygens (including phenoxy) is 1. The first-order valence-electron chi connectivity index (χ1n) is 3.45. The molecule has 0 spiro atoms. The number of carbonyl (C=O) groups is 1. The molecule has 0 saturated heterocycles. The van der Waals surface area contributed by atoms with Crippen LogP contribution in [0.5, 0.6) is 0 Å². The second-order valence-electron chi connectivity index (χ2n) is 2.25. The Hall–Kier alpha value is -1.69. The summed E-state index contributed by atoms with van der Waals surface area (Å²) in [5.41, 5.74) is -0.751. The fourth-order valence-corrected chi connectivity index (χ4v) is 1.10. The van der Waals surface area contributed by atoms with Gasteiger partial charge in [0.15, 0.2) is 0 Å². The molecule has 0 aliphatic rings. The summed E-state index contributed by atoms with van der Waals surface area (Å²) in [4.78, 5) is 24.3. The highest BCUT2D eigenvalue weighted by atomic mass is 35.5. The monoisotopic (exact) mass is 216 g/mol. The van der Waals surface area contributed by atoms with Crippen LogP contribution in [0.3, 0.4) is 0 Å². The Bertz CT molecular complexity index is 393. The van der Waals surface area contributed by atoms with E-state index in [2.05, 4.69) is 9.72 Å². The van der Waals surface area contributed by atoms with Gasteiger partial charge in [-0.25, -0.2) is 9.78 Å². The molecule has 0 aromatic carbocycles. The summed E-state index contributed by atoms with van der Waals surface area (Å²) in [5.74, 6) is -0.819. The van der Waals surface area contributed by atoms with E-state index >= 15 is 0 Å². The molecular formula is C7H5ClN2O4. The summed E-state index contributed by atoms with van der Waals surface area (Å²) in [5, 5.41) is 10.2. The maximum absolute atomic E-state index is 11.1. The second-order valence-corrected chi connectivity index (χ2v) is 2.60. The maximum atomic E-state index is 11.1. The van der Waals surface area contributed by atoms with Crippen LogP contribution < -0.4 is 0 Å². The molecule has 1 rings (SSSR count). The quantitative estimate of drug-likeness (QED) is 0.323. The van der Waals surface area contributed by atoms with Crippen LogP contribution in [-0.4, -0.2) is 23.0 Å². The third-order valence-corrected chi connectivity index (χ3v) is 1.74. The van der Waals surface area contributed by atoms with Crippen molar-refractivity contribution >= 4 is 23.3 Å². The van der Waals surface area contributed by atoms with Gasteiger partial charge in [0.2, 0.25) is 5.15 Å². The van der Waals surface area contributed by atoms with Gasteiger partial charge < -0.3 is 4.74 Å². The van der Waals surface area contributed by atoms with Gasteiger partial charge in [0.25, 0.3) is 0 Å². The molecule has 7 heteroatoms. The van der Waals surface area contributed by atoms with Gasteiger partial charge in [-0.1, -0.05) is 11.6 Å². The summed E-state index contributed by atoms with van der Waals surface area (Å²) < 4.78 is 4.35. The number of esters is 1. The van der Waals surface area contributed by atoms with E-state index in [4.69, 9.17) is 11.6 Å². The normalized spacial score (nSPS) is 9.57. The van der Waals surface area contributed by atoms with E-state index < -0.39 is 16.6 Å². The molecule has 0 fully saturated rings. The van der Waals surface area contributed by atoms with Crippen molar-refractivity contribution < 1.29 is 14.5 Å². The summed E-state index contributed by atoms with van der Waals surface area (Å²) in [6.07, 6.45) is 1.20. The van der Waals surface area contributed by atoms with Gasteiger partial charge in [0.05, 0.1) is 12.0 Å². The minimum atomic E-state index is -0.819. The van der Waals surface area contributed by atoms with E-state index in [9.17, 15) is 14.9 Å². The summed E-state index contributed by atoms with van der Waals surface area (Å²) in [6, 6.07) is 1.18. The highest BCUT2D eigenvalue weighted by Crippen LogP contribution is 2.26. The highest BCUT2D eigenvalue weighted by molar-refractivity contribution is 6.32. The zero-order chi connectivity index (χ0) is 10.7. The lowest BCUT2D eigenvalue weighted by atomic mass is 10.2. The molecule has 0 aliphatic carbocycles. The molecular weight excluding hydrogens is 212 g/mol. The highest BCUT2D eigenvalue weighted by Gasteiger charge is 2.25. The van der Waals surface area contributed by atoms with E-state index in [0.717, 1.165) is 7.11 Å². The van der Waals surface area contributed by atoms with E-state index in [1.54, 1.807) is 0 Å². The lowest BCUT2D eigenvalue weighted by Gasteiger charge is -2.00. The zero-order valence-corrected chi connectivity index (χ0v) is 7.82. The number of hydrogen-bond acceptors (Lipinski definition) is 5. The molecule has 14 heavy (non-hydrogen) atoms. The molecule has 0 unspecified atom stereocenters. The molecule has 0 aliphatic heterocycles. The van der Waals surface area contributed by atoms with Crippen LogP contribution in [0.4, 0.5) is 5.69 Å². The average Bonchev–Trinajstić information content (AvgIpc) is 2.15. The summed E-state index contributed by atoms with van der Waals surface area (Å²) in [6.45, 7) is 0. The molecule has 1 aromatic rings. The van der Waals surface area contributed by atoms with Crippen molar-refractivity contribution in [1.82, 2.24) is 4.98 Å². The number of methoxy groups -OCH3 is 1. The third kappa shape index (κ3) is 1.80. The Balaban J connectivity index is 3.35. The number of hydrogen-bond donors (Lipinski definition) is 0. The Morgan fingerprint density at radius 1 is 1.71 bits per heavy atom. The first-order valence-corrected chi connectivity index (χ1v) is 3.83. The average molecular weight is 217 g/mol. The minimum absolute atomic E-state index is 0.211. The van der Waals surface area contributed by atoms with Crippen LogP contribution in [0.25, 0.3) is 0 Å². The number of nitrogens with zero attached hydrogens (tertiary/aromatic N) is 2. The van der Waals surface area contributed by atoms with Gasteiger partial charge in [-0.05, 0) is 6.07 Å². The van der Waals surface area contributed by atoms with Crippen molar-refractivity contribution in [2.75, 3.05) is 7.11 Å². The molecule has 1 heterocycles. The predicted molar refractivity (Wildman–Crippen MR) is 47.2 cm³/mol. The first kappa shape index (κ1) is 10.4. The largest absolute Gasteiger partial charge is 0.465 e. The van der Waals surface area contributed by atoms with Crippen LogP contribution in [0, 0.1) is 10.1 Å². The van der Waals surface area contributed by atoms with Crippen molar-refractivity contribution in [3.8, 4) is 0 Å². The number of pyridine rings is 1. The Morgan fingerprint density at radius 2 is 2.36 bits per heavy atom. The van der Waals surface area contributed by atoms with Crippen LogP contribution in [0.1, 0.15) is 10.4 Å². The van der Waals surface area contributed by atoms with Crippen LogP contribution in [0.2, 0.25) is 5.15 Å². The Labute approximate surface area is 83.6 Å². The summed E-state index contributed by atoms with van der Waals surface area (Å²) >= 11 is 5.46. The molecule has 74 valence electrons. The Morgan fingerprint density at radius 3 is 2.86 bits per heavy atom. The topological polar surface area (TPSA) is 82.3 Å². The van der Waals surface area contributed by atoms with Crippen molar-refractivity contribution in [3.63, 3.8) is 0 Å². The van der Waals surface area contributed by atoms with Gasteiger partial charge in [0.1, 0.15) is 5.56 Å². The molecule has 0 radical (unpaired) electrons. The summed E-state index contributed by atoms with van der Waals surface area (Å²) in [7, 11) is 1.13. The van der Waals surface area contributed by atoms with Gasteiger partial charge in [-0.15, -0.1) is 0 Å². The van der Waals surface area contributed by atoms with Crippen molar-refractivity contribution in [2.45, 2.75) is 0 Å². The minimum Gasteiger partial charge on any atom is -0.465 e. The van der Waals surface area contributed by atoms with E-state index in [-0.39, 0.29) is 10.7 Å². The van der Waals surface area contributed by atoms with Crippen molar-refractivity contribution in [2.24, 2.45) is 0 Å². The standard InChI is InChI=1S/C7H5ClN2O4/c1-14-7(11)4-2-3-9-6(8)5(4)10(12)13/h2-3H,1H3. The second kappa shape index (κ2) is 4.01. The van der Waals surface area contributed by atoms with Gasteiger partial charge in [-0.3, -0.25) is 10.1 Å². The number of carbonyl (C=O) groups excluding carboxylic acids is 1. The lowest BCUT2D eigenvalue weighted by molar-refractivity contribution is -0.385. The molecule has 0 bridgehead atoms. The van der Waals surface area contributed by atoms with Crippen molar-refractivity contribution in [1.29, 1.82) is 0 Å². The molecule has 6 nitrogen and oxygen atoms in total. The predicted octanol–water partition coefficient (Wildman–Crippen LogP) is 1.43. The maximum Gasteiger partial charge on any atom is 0.345 e. The molecule has 0 N–H and O–H groups in total. The van der Waals surface area contributed by atoms with Gasteiger partial charge in [-0.2, -0.15) is 0 Å². The van der Waals surface area contributed by atoms with Crippen LogP contribution in [0.15, 0.2) is 12.3 Å². The van der Waals surface area contributed by atoms with Crippen LogP contribution >= 0.6 is 11.6 Å². The number of nitro groups is 1. The number of rotatable bonds is 2. The fraction of sp³-hybridized carbons (Fsp3) is 0.143. The number of halogens is 1. The molecule has 0 amide bonds. The fourth-order valence-electron chi connectivity index (χ4n) is 0.877. The van der Waals surface area contributed by atoms with E-state index in [1.165, 1.54) is 12.3 Å². The SMILES string of the molecule is COC(=O)c1ccnc(Cl)c1[N+](=O)[O-]. The van der Waals surface area contributed by atoms with E-state index in [0.29, 0.717) is 0 Å². The molecule has 1 aromatic heterocycles. The molecule has 0 atom stereocenters. The zero-order valence-electron chi connectivity index (χ0n) is 7.06. The van der Waals surface area contributed by atoms with E-state index in [1.807, 2.05) is 0 Å². The lowest BCUT2D eigenvalue weighted by Crippen LogP contribution is -2.06. The van der Waals surface area contributed by atoms with Gasteiger partial charge in [0, 0.05) is 6.20 Å². The third-order valence-electron chi connectivity index (χ3n) is 1.47. The van der Waals surface area contributed by atoms with Gasteiger partial charge >= 0.3 is 11.7 Å². The number of aromatic nitrogens is 1. The van der Waals surface area contributed by atoms with Crippen molar-refractivity contribution in [3.05, 3.63) is 33.1 Å². The Kier molecular flexibility index (Phi) is 2.98. The molecule has 0 saturated carbocycles. The van der Waals surface area contributed by atoms with Crippen LogP contribution in [-0.2, 0) is 4.74 Å². The first-order chi connectivity index (χ1) is 6.57. The smallest absolute Gasteiger partial charge is 0.345 e.